The van der Waals surface area contributed by atoms with Crippen LogP contribution in [0.2, 0.25) is 0 Å². The number of amides is 3. The van der Waals surface area contributed by atoms with Crippen LogP contribution in [0.1, 0.15) is 42.6 Å². The summed E-state index contributed by atoms with van der Waals surface area (Å²) in [5, 5.41) is 5.69. The van der Waals surface area contributed by atoms with Gasteiger partial charge < -0.3 is 24.8 Å². The van der Waals surface area contributed by atoms with Crippen LogP contribution in [0.25, 0.3) is 11.0 Å². The van der Waals surface area contributed by atoms with Gasteiger partial charge in [0.05, 0.1) is 22.9 Å². The second kappa shape index (κ2) is 10.9. The Labute approximate surface area is 208 Å². The first-order chi connectivity index (χ1) is 17.2. The molecule has 2 heterocycles. The molecule has 0 aliphatic carbocycles. The van der Waals surface area contributed by atoms with E-state index in [1.807, 2.05) is 18.4 Å². The van der Waals surface area contributed by atoms with Crippen LogP contribution in [0.4, 0.5) is 10.1 Å². The minimum absolute atomic E-state index is 0.0150. The van der Waals surface area contributed by atoms with Crippen LogP contribution in [-0.2, 0) is 20.9 Å². The van der Waals surface area contributed by atoms with Gasteiger partial charge in [-0.2, -0.15) is 0 Å². The Morgan fingerprint density at radius 3 is 2.67 bits per heavy atom. The molecule has 0 bridgehead atoms. The maximum Gasteiger partial charge on any atom is 0.256 e. The van der Waals surface area contributed by atoms with Gasteiger partial charge in [0.2, 0.25) is 11.8 Å². The van der Waals surface area contributed by atoms with Crippen molar-refractivity contribution in [1.82, 2.24) is 19.8 Å². The number of hydrogen-bond donors (Lipinski definition) is 2. The molecule has 4 rings (SSSR count). The molecule has 190 valence electrons. The van der Waals surface area contributed by atoms with Crippen molar-refractivity contribution in [3.8, 4) is 0 Å². The summed E-state index contributed by atoms with van der Waals surface area (Å²) in [6.45, 7) is 4.47. The molecular formula is C26H30FN5O4. The van der Waals surface area contributed by atoms with Crippen LogP contribution in [0.5, 0.6) is 0 Å². The highest BCUT2D eigenvalue weighted by Crippen LogP contribution is 2.27. The zero-order valence-corrected chi connectivity index (χ0v) is 20.6. The number of fused-ring (bicyclic) bond motifs is 1. The summed E-state index contributed by atoms with van der Waals surface area (Å²) in [6.07, 6.45) is 2.74. The molecular weight excluding hydrogens is 465 g/mol. The van der Waals surface area contributed by atoms with Crippen molar-refractivity contribution in [3.63, 3.8) is 0 Å². The molecule has 1 aromatic heterocycles. The predicted molar refractivity (Wildman–Crippen MR) is 133 cm³/mol. The summed E-state index contributed by atoms with van der Waals surface area (Å²) in [4.78, 5) is 44.1. The molecule has 1 aliphatic heterocycles. The molecule has 3 amide bonds. The third-order valence-corrected chi connectivity index (χ3v) is 6.16. The number of aromatic nitrogens is 2. The normalized spacial score (nSPS) is 15.4. The molecule has 10 heteroatoms. The summed E-state index contributed by atoms with van der Waals surface area (Å²) in [5.74, 6) is -0.929. The van der Waals surface area contributed by atoms with Crippen LogP contribution >= 0.6 is 0 Å². The summed E-state index contributed by atoms with van der Waals surface area (Å²) < 4.78 is 20.2. The Kier molecular flexibility index (Phi) is 7.64. The Morgan fingerprint density at radius 2 is 2.03 bits per heavy atom. The van der Waals surface area contributed by atoms with E-state index in [9.17, 15) is 18.8 Å². The molecule has 2 aromatic carbocycles. The second-order valence-electron chi connectivity index (χ2n) is 9.23. The molecule has 0 spiro atoms. The number of benzene rings is 2. The number of nitrogens with one attached hydrogen (secondary N) is 2. The zero-order chi connectivity index (χ0) is 25.8. The van der Waals surface area contributed by atoms with E-state index in [1.165, 1.54) is 19.2 Å². The average molecular weight is 496 g/mol. The number of anilines is 1. The highest BCUT2D eigenvalue weighted by atomic mass is 19.1. The van der Waals surface area contributed by atoms with Gasteiger partial charge in [-0.15, -0.1) is 0 Å². The fourth-order valence-corrected chi connectivity index (χ4v) is 4.41. The van der Waals surface area contributed by atoms with Gasteiger partial charge in [-0.05, 0) is 50.1 Å². The second-order valence-corrected chi connectivity index (χ2v) is 9.23. The molecule has 1 atom stereocenters. The molecule has 9 nitrogen and oxygen atoms in total. The fraction of sp³-hybridized carbons (Fsp3) is 0.385. The smallest absolute Gasteiger partial charge is 0.256 e. The molecule has 3 aromatic rings. The summed E-state index contributed by atoms with van der Waals surface area (Å²) in [6, 6.07) is 9.25. The highest BCUT2D eigenvalue weighted by molar-refractivity contribution is 6.07. The number of nitrogens with zero attached hydrogens (tertiary/aromatic N) is 3. The molecule has 0 saturated carbocycles. The van der Waals surface area contributed by atoms with Crippen molar-refractivity contribution in [1.29, 1.82) is 0 Å². The van der Waals surface area contributed by atoms with Crippen molar-refractivity contribution >= 4 is 34.4 Å². The lowest BCUT2D eigenvalue weighted by Gasteiger charge is -2.30. The lowest BCUT2D eigenvalue weighted by Crippen LogP contribution is -2.45. The SMILES string of the molecule is COCC(=O)Nc1cc(C(=O)N(C[C@@H]2CCC(=O)N2)C(C)C)c2c(c1)ncn2Cc1ccc(F)cc1. The first kappa shape index (κ1) is 25.3. The highest BCUT2D eigenvalue weighted by Gasteiger charge is 2.29. The Hall–Kier alpha value is -3.79. The van der Waals surface area contributed by atoms with Crippen LogP contribution in [-0.4, -0.2) is 64.5 Å². The van der Waals surface area contributed by atoms with Crippen molar-refractivity contribution in [2.24, 2.45) is 0 Å². The van der Waals surface area contributed by atoms with Crippen LogP contribution < -0.4 is 10.6 Å². The molecule has 2 N–H and O–H groups in total. The van der Waals surface area contributed by atoms with E-state index in [-0.39, 0.29) is 42.2 Å². The first-order valence-corrected chi connectivity index (χ1v) is 11.9. The van der Waals surface area contributed by atoms with Crippen molar-refractivity contribution in [2.75, 3.05) is 25.6 Å². The summed E-state index contributed by atoms with van der Waals surface area (Å²) in [7, 11) is 1.43. The quantitative estimate of drug-likeness (QED) is 0.475. The van der Waals surface area contributed by atoms with E-state index < -0.39 is 0 Å². The number of carbonyl (C=O) groups is 3. The molecule has 1 aliphatic rings. The number of halogens is 1. The number of carbonyl (C=O) groups excluding carboxylic acids is 3. The van der Waals surface area contributed by atoms with Gasteiger partial charge in [0.25, 0.3) is 5.91 Å². The molecule has 0 unspecified atom stereocenters. The van der Waals surface area contributed by atoms with Crippen molar-refractivity contribution < 1.29 is 23.5 Å². The number of methoxy groups -OCH3 is 1. The van der Waals surface area contributed by atoms with E-state index in [0.29, 0.717) is 48.2 Å². The number of ether oxygens (including phenoxy) is 1. The van der Waals surface area contributed by atoms with Crippen molar-refractivity contribution in [2.45, 2.75) is 45.3 Å². The standard InChI is InChI=1S/C26H30FN5O4/c1-16(2)32(13-19-8-9-23(33)29-19)26(35)21-10-20(30-24(34)14-36-3)11-22-25(21)31(15-28-22)12-17-4-6-18(27)7-5-17/h4-7,10-11,15-16,19H,8-9,12-14H2,1-3H3,(H,29,33)(H,30,34)/t19-/m0/s1. The maximum absolute atomic E-state index is 14.0. The minimum Gasteiger partial charge on any atom is -0.375 e. The van der Waals surface area contributed by atoms with E-state index >= 15 is 0 Å². The molecule has 1 fully saturated rings. The Morgan fingerprint density at radius 1 is 1.28 bits per heavy atom. The lowest BCUT2D eigenvalue weighted by atomic mass is 10.1. The number of imidazole rings is 1. The summed E-state index contributed by atoms with van der Waals surface area (Å²) in [5.41, 5.74) is 2.79. The van der Waals surface area contributed by atoms with E-state index in [2.05, 4.69) is 15.6 Å². The fourth-order valence-electron chi connectivity index (χ4n) is 4.41. The van der Waals surface area contributed by atoms with Gasteiger partial charge >= 0.3 is 0 Å². The van der Waals surface area contributed by atoms with Gasteiger partial charge in [0.1, 0.15) is 12.4 Å². The van der Waals surface area contributed by atoms with Crippen LogP contribution in [0.3, 0.4) is 0 Å². The Balaban J connectivity index is 1.75. The molecule has 36 heavy (non-hydrogen) atoms. The largest absolute Gasteiger partial charge is 0.375 e. The van der Waals surface area contributed by atoms with E-state index in [0.717, 1.165) is 5.56 Å². The van der Waals surface area contributed by atoms with Gasteiger partial charge in [-0.3, -0.25) is 14.4 Å². The predicted octanol–water partition coefficient (Wildman–Crippen LogP) is 2.94. The monoisotopic (exact) mass is 495 g/mol. The van der Waals surface area contributed by atoms with Crippen LogP contribution in [0, 0.1) is 5.82 Å². The van der Waals surface area contributed by atoms with E-state index in [4.69, 9.17) is 4.74 Å². The van der Waals surface area contributed by atoms with Crippen LogP contribution in [0.15, 0.2) is 42.7 Å². The third-order valence-electron chi connectivity index (χ3n) is 6.16. The number of hydrogen-bond acceptors (Lipinski definition) is 5. The van der Waals surface area contributed by atoms with Gasteiger partial charge in [0, 0.05) is 44.4 Å². The van der Waals surface area contributed by atoms with Gasteiger partial charge in [-0.25, -0.2) is 9.37 Å². The van der Waals surface area contributed by atoms with Gasteiger partial charge in [0.15, 0.2) is 0 Å². The van der Waals surface area contributed by atoms with Crippen molar-refractivity contribution in [3.05, 3.63) is 59.7 Å². The Bertz CT molecular complexity index is 1270. The summed E-state index contributed by atoms with van der Waals surface area (Å²) >= 11 is 0. The number of rotatable bonds is 9. The average Bonchev–Trinajstić information content (AvgIpc) is 3.43. The lowest BCUT2D eigenvalue weighted by molar-refractivity contribution is -0.120. The minimum atomic E-state index is -0.352. The zero-order valence-electron chi connectivity index (χ0n) is 20.6. The topological polar surface area (TPSA) is 106 Å². The van der Waals surface area contributed by atoms with Gasteiger partial charge in [-0.1, -0.05) is 12.1 Å². The third kappa shape index (κ3) is 5.71. The van der Waals surface area contributed by atoms with E-state index in [1.54, 1.807) is 35.5 Å². The molecule has 0 radical (unpaired) electrons. The first-order valence-electron chi connectivity index (χ1n) is 11.9. The molecule has 1 saturated heterocycles. The maximum atomic E-state index is 14.0.